The van der Waals surface area contributed by atoms with Crippen molar-refractivity contribution in [1.82, 2.24) is 4.90 Å². The molecule has 0 radical (unpaired) electrons. The van der Waals surface area contributed by atoms with E-state index in [1.54, 1.807) is 11.8 Å². The van der Waals surface area contributed by atoms with Gasteiger partial charge in [0.1, 0.15) is 5.16 Å². The standard InChI is InChI=1S/C9H14ClNS/c1-4-7-5-8(12-6-7)9(10)11(2)3/h6H,4-5H2,1-3H3/b9-8+. The molecule has 1 aliphatic heterocycles. The summed E-state index contributed by atoms with van der Waals surface area (Å²) in [7, 11) is 3.94. The second-order valence-corrected chi connectivity index (χ2v) is 4.35. The van der Waals surface area contributed by atoms with E-state index in [-0.39, 0.29) is 0 Å². The fourth-order valence-electron chi connectivity index (χ4n) is 1.02. The van der Waals surface area contributed by atoms with Crippen LogP contribution in [0.2, 0.25) is 0 Å². The fourth-order valence-corrected chi connectivity index (χ4v) is 2.33. The third kappa shape index (κ3) is 2.20. The van der Waals surface area contributed by atoms with Crippen molar-refractivity contribution < 1.29 is 0 Å². The second-order valence-electron chi connectivity index (χ2n) is 3.03. The Bertz CT molecular complexity index is 231. The first kappa shape index (κ1) is 10.0. The van der Waals surface area contributed by atoms with Crippen molar-refractivity contribution >= 4 is 23.4 Å². The molecule has 0 saturated heterocycles. The maximum atomic E-state index is 6.10. The van der Waals surface area contributed by atoms with Gasteiger partial charge in [0.25, 0.3) is 0 Å². The molecule has 0 aromatic carbocycles. The van der Waals surface area contributed by atoms with E-state index in [1.807, 2.05) is 19.0 Å². The summed E-state index contributed by atoms with van der Waals surface area (Å²) in [5.41, 5.74) is 1.48. The minimum Gasteiger partial charge on any atom is -0.368 e. The second kappa shape index (κ2) is 4.24. The first-order chi connectivity index (χ1) is 5.65. The van der Waals surface area contributed by atoms with Gasteiger partial charge in [0.2, 0.25) is 0 Å². The molecule has 68 valence electrons. The lowest BCUT2D eigenvalue weighted by molar-refractivity contribution is 0.543. The molecule has 12 heavy (non-hydrogen) atoms. The lowest BCUT2D eigenvalue weighted by atomic mass is 10.2. The number of allylic oxidation sites excluding steroid dienone is 2. The van der Waals surface area contributed by atoms with E-state index in [4.69, 9.17) is 11.6 Å². The van der Waals surface area contributed by atoms with E-state index in [0.29, 0.717) is 0 Å². The Morgan fingerprint density at radius 3 is 2.75 bits per heavy atom. The van der Waals surface area contributed by atoms with Crippen LogP contribution < -0.4 is 0 Å². The highest BCUT2D eigenvalue weighted by Crippen LogP contribution is 2.38. The highest BCUT2D eigenvalue weighted by molar-refractivity contribution is 8.06. The van der Waals surface area contributed by atoms with Crippen molar-refractivity contribution in [2.24, 2.45) is 0 Å². The van der Waals surface area contributed by atoms with Gasteiger partial charge in [0.15, 0.2) is 0 Å². The first-order valence-corrected chi connectivity index (χ1v) is 5.31. The molecule has 0 fully saturated rings. The van der Waals surface area contributed by atoms with Crippen molar-refractivity contribution in [3.63, 3.8) is 0 Å². The zero-order valence-electron chi connectivity index (χ0n) is 7.72. The molecule has 0 amide bonds. The lowest BCUT2D eigenvalue weighted by Crippen LogP contribution is -2.07. The van der Waals surface area contributed by atoms with E-state index in [1.165, 1.54) is 10.5 Å². The van der Waals surface area contributed by atoms with Crippen LogP contribution in [0.15, 0.2) is 21.0 Å². The van der Waals surface area contributed by atoms with Crippen LogP contribution in [0.25, 0.3) is 0 Å². The number of hydrogen-bond donors (Lipinski definition) is 0. The Balaban J connectivity index is 2.66. The zero-order valence-corrected chi connectivity index (χ0v) is 9.30. The topological polar surface area (TPSA) is 3.24 Å². The number of halogens is 1. The molecule has 0 aromatic heterocycles. The smallest absolute Gasteiger partial charge is 0.114 e. The third-order valence-corrected chi connectivity index (χ3v) is 3.58. The Hall–Kier alpha value is -0.0800. The zero-order chi connectivity index (χ0) is 9.14. The summed E-state index contributed by atoms with van der Waals surface area (Å²) < 4.78 is 0. The molecule has 0 atom stereocenters. The van der Waals surface area contributed by atoms with Crippen molar-refractivity contribution in [3.05, 3.63) is 21.0 Å². The summed E-state index contributed by atoms with van der Waals surface area (Å²) in [4.78, 5) is 3.23. The Labute approximate surface area is 83.5 Å². The van der Waals surface area contributed by atoms with Crippen LogP contribution >= 0.6 is 23.4 Å². The van der Waals surface area contributed by atoms with Gasteiger partial charge >= 0.3 is 0 Å². The molecule has 0 N–H and O–H groups in total. The van der Waals surface area contributed by atoms with Gasteiger partial charge in [-0.2, -0.15) is 0 Å². The number of nitrogens with zero attached hydrogens (tertiary/aromatic N) is 1. The minimum absolute atomic E-state index is 0.875. The molecule has 1 rings (SSSR count). The largest absolute Gasteiger partial charge is 0.368 e. The number of hydrogen-bond acceptors (Lipinski definition) is 2. The molecule has 1 heterocycles. The summed E-state index contributed by atoms with van der Waals surface area (Å²) in [6, 6.07) is 0. The maximum absolute atomic E-state index is 6.10. The van der Waals surface area contributed by atoms with Gasteiger partial charge in [0.05, 0.1) is 0 Å². The average molecular weight is 204 g/mol. The van der Waals surface area contributed by atoms with Gasteiger partial charge in [-0.1, -0.05) is 35.9 Å². The van der Waals surface area contributed by atoms with Gasteiger partial charge < -0.3 is 4.90 Å². The van der Waals surface area contributed by atoms with Crippen LogP contribution in [0.4, 0.5) is 0 Å². The summed E-state index contributed by atoms with van der Waals surface area (Å²) in [5.74, 6) is 0. The van der Waals surface area contributed by atoms with Crippen LogP contribution in [0, 0.1) is 0 Å². The van der Waals surface area contributed by atoms with Gasteiger partial charge in [-0.15, -0.1) is 0 Å². The third-order valence-electron chi connectivity index (χ3n) is 1.83. The molecule has 0 aliphatic carbocycles. The van der Waals surface area contributed by atoms with E-state index in [0.717, 1.165) is 18.0 Å². The predicted octanol–water partition coefficient (Wildman–Crippen LogP) is 3.39. The Morgan fingerprint density at radius 1 is 1.67 bits per heavy atom. The summed E-state index contributed by atoms with van der Waals surface area (Å²) >= 11 is 7.85. The molecule has 3 heteroatoms. The predicted molar refractivity (Wildman–Crippen MR) is 57.1 cm³/mol. The summed E-state index contributed by atoms with van der Waals surface area (Å²) in [6.45, 7) is 2.18. The molecule has 0 unspecified atom stereocenters. The van der Waals surface area contributed by atoms with Crippen molar-refractivity contribution in [1.29, 1.82) is 0 Å². The number of rotatable bonds is 2. The van der Waals surface area contributed by atoms with Crippen LogP contribution in [-0.4, -0.2) is 19.0 Å². The molecule has 0 spiro atoms. The molecule has 1 nitrogen and oxygen atoms in total. The van der Waals surface area contributed by atoms with Crippen LogP contribution in [0.1, 0.15) is 19.8 Å². The molecule has 1 aliphatic rings. The lowest BCUT2D eigenvalue weighted by Gasteiger charge is -2.12. The highest BCUT2D eigenvalue weighted by atomic mass is 35.5. The fraction of sp³-hybridized carbons (Fsp3) is 0.556. The number of thioether (sulfide) groups is 1. The van der Waals surface area contributed by atoms with E-state index >= 15 is 0 Å². The Kier molecular flexibility index (Phi) is 3.53. The maximum Gasteiger partial charge on any atom is 0.114 e. The SMILES string of the molecule is CCC1=CS/C(=C(\Cl)N(C)C)C1. The van der Waals surface area contributed by atoms with E-state index in [9.17, 15) is 0 Å². The van der Waals surface area contributed by atoms with Crippen LogP contribution in [0.3, 0.4) is 0 Å². The average Bonchev–Trinajstić information content (AvgIpc) is 2.50. The molecule has 0 aromatic rings. The van der Waals surface area contributed by atoms with Crippen molar-refractivity contribution in [2.45, 2.75) is 19.8 Å². The van der Waals surface area contributed by atoms with Crippen molar-refractivity contribution in [3.8, 4) is 0 Å². The Morgan fingerprint density at radius 2 is 2.33 bits per heavy atom. The van der Waals surface area contributed by atoms with E-state index in [2.05, 4.69) is 12.3 Å². The normalized spacial score (nSPS) is 20.8. The van der Waals surface area contributed by atoms with Crippen LogP contribution in [-0.2, 0) is 0 Å². The molecular weight excluding hydrogens is 190 g/mol. The molecule has 0 bridgehead atoms. The van der Waals surface area contributed by atoms with Gasteiger partial charge in [-0.25, -0.2) is 0 Å². The van der Waals surface area contributed by atoms with Crippen molar-refractivity contribution in [2.75, 3.05) is 14.1 Å². The van der Waals surface area contributed by atoms with Gasteiger partial charge in [-0.3, -0.25) is 0 Å². The van der Waals surface area contributed by atoms with Crippen LogP contribution in [0.5, 0.6) is 0 Å². The van der Waals surface area contributed by atoms with Gasteiger partial charge in [-0.05, 0) is 11.8 Å². The summed E-state index contributed by atoms with van der Waals surface area (Å²) in [5, 5.41) is 3.08. The van der Waals surface area contributed by atoms with Gasteiger partial charge in [0, 0.05) is 25.4 Å². The highest BCUT2D eigenvalue weighted by Gasteiger charge is 2.14. The monoisotopic (exact) mass is 203 g/mol. The quantitative estimate of drug-likeness (QED) is 0.633. The summed E-state index contributed by atoms with van der Waals surface area (Å²) in [6.07, 6.45) is 2.17. The van der Waals surface area contributed by atoms with E-state index < -0.39 is 0 Å². The molecular formula is C9H14ClNS. The molecule has 0 saturated carbocycles. The first-order valence-electron chi connectivity index (χ1n) is 4.05. The minimum atomic E-state index is 0.875.